The molecule has 12 heteroatoms. The summed E-state index contributed by atoms with van der Waals surface area (Å²) in [6.07, 6.45) is -1.21. The molecule has 0 radical (unpaired) electrons. The Morgan fingerprint density at radius 2 is 1.85 bits per heavy atom. The maximum absolute atomic E-state index is 13.4. The number of alkyl halides is 3. The summed E-state index contributed by atoms with van der Waals surface area (Å²) < 4.78 is 53.3. The Balaban J connectivity index is 1.30. The number of aryl methyl sites for hydroxylation is 1. The van der Waals surface area contributed by atoms with E-state index in [4.69, 9.17) is 9.47 Å². The molecule has 9 nitrogen and oxygen atoms in total. The Morgan fingerprint density at radius 1 is 1.05 bits per heavy atom. The van der Waals surface area contributed by atoms with E-state index in [1.165, 1.54) is 17.0 Å². The lowest BCUT2D eigenvalue weighted by molar-refractivity contribution is -0.137. The molecule has 2 N–H and O–H groups in total. The molecule has 0 saturated carbocycles. The number of rotatable bonds is 7. The molecule has 0 unspecified atom stereocenters. The van der Waals surface area contributed by atoms with Gasteiger partial charge in [0.25, 0.3) is 5.56 Å². The molecule has 41 heavy (non-hydrogen) atoms. The van der Waals surface area contributed by atoms with Crippen LogP contribution in [0.5, 0.6) is 17.2 Å². The highest BCUT2D eigenvalue weighted by molar-refractivity contribution is 6.00. The van der Waals surface area contributed by atoms with Crippen molar-refractivity contribution in [2.45, 2.75) is 25.1 Å². The third-order valence-corrected chi connectivity index (χ3v) is 6.87. The molecule has 2 amide bonds. The maximum atomic E-state index is 13.4. The van der Waals surface area contributed by atoms with Crippen molar-refractivity contribution in [2.24, 2.45) is 7.05 Å². The van der Waals surface area contributed by atoms with Gasteiger partial charge in [-0.05, 0) is 75.0 Å². The van der Waals surface area contributed by atoms with Gasteiger partial charge in [-0.3, -0.25) is 4.79 Å². The van der Waals surface area contributed by atoms with Crippen molar-refractivity contribution in [1.82, 2.24) is 14.5 Å². The first kappa shape index (κ1) is 28.0. The van der Waals surface area contributed by atoms with E-state index in [-0.39, 0.29) is 29.6 Å². The van der Waals surface area contributed by atoms with Crippen molar-refractivity contribution >= 4 is 28.3 Å². The average Bonchev–Trinajstić information content (AvgIpc) is 3.34. The van der Waals surface area contributed by atoms with Crippen molar-refractivity contribution in [1.29, 1.82) is 0 Å². The number of fused-ring (bicyclic) bond motifs is 1. The molecular weight excluding hydrogens is 539 g/mol. The first-order chi connectivity index (χ1) is 19.6. The van der Waals surface area contributed by atoms with Gasteiger partial charge in [-0.1, -0.05) is 6.07 Å². The van der Waals surface area contributed by atoms with Gasteiger partial charge in [0.2, 0.25) is 0 Å². The van der Waals surface area contributed by atoms with E-state index in [1.54, 1.807) is 49.5 Å². The van der Waals surface area contributed by atoms with E-state index in [2.05, 4.69) is 20.5 Å². The van der Waals surface area contributed by atoms with Gasteiger partial charge in [-0.15, -0.1) is 0 Å². The van der Waals surface area contributed by atoms with Gasteiger partial charge >= 0.3 is 12.2 Å². The number of nitrogens with zero attached hydrogens (tertiary/aromatic N) is 3. The largest absolute Gasteiger partial charge is 0.490 e. The van der Waals surface area contributed by atoms with Crippen molar-refractivity contribution in [3.8, 4) is 17.2 Å². The van der Waals surface area contributed by atoms with Crippen molar-refractivity contribution < 1.29 is 27.4 Å². The molecule has 0 aliphatic carbocycles. The number of urea groups is 1. The first-order valence-electron chi connectivity index (χ1n) is 12.9. The van der Waals surface area contributed by atoms with Crippen LogP contribution < -0.4 is 25.7 Å². The van der Waals surface area contributed by atoms with E-state index in [1.807, 2.05) is 7.05 Å². The van der Waals surface area contributed by atoms with Crippen LogP contribution in [-0.2, 0) is 13.2 Å². The predicted octanol–water partition coefficient (Wildman–Crippen LogP) is 5.86. The average molecular weight is 568 g/mol. The summed E-state index contributed by atoms with van der Waals surface area (Å²) in [5.41, 5.74) is -0.368. The minimum absolute atomic E-state index is 0.100. The second-order valence-corrected chi connectivity index (χ2v) is 9.84. The number of likely N-dealkylation sites (tertiary alicyclic amines) is 1. The van der Waals surface area contributed by atoms with Crippen LogP contribution in [-0.4, -0.2) is 46.7 Å². The number of amides is 2. The standard InChI is InChI=1S/C29H28F3N5O4/c1-36-12-4-6-20(36)16-40-26-11-8-18(29(30,31)32)13-25(26)35-28(39)34-19-5-3-7-21(14-19)41-22-9-10-24-23(15-22)27(38)37(2)17-33-24/h3,5,7-11,13-15,17,20H,4,6,12,16H2,1-2H3,(H2,34,35,39)/t20-/m1/s1. The van der Waals surface area contributed by atoms with Gasteiger partial charge < -0.3 is 29.6 Å². The van der Waals surface area contributed by atoms with Crippen molar-refractivity contribution in [3.63, 3.8) is 0 Å². The number of likely N-dealkylation sites (N-methyl/N-ethyl adjacent to an activating group) is 1. The Bertz CT molecular complexity index is 1640. The van der Waals surface area contributed by atoms with Crippen LogP contribution in [0, 0.1) is 0 Å². The number of halogens is 3. The maximum Gasteiger partial charge on any atom is 0.416 e. The molecule has 214 valence electrons. The van der Waals surface area contributed by atoms with Gasteiger partial charge in [-0.25, -0.2) is 9.78 Å². The lowest BCUT2D eigenvalue weighted by Crippen LogP contribution is -2.30. The highest BCUT2D eigenvalue weighted by Crippen LogP contribution is 2.35. The second-order valence-electron chi connectivity index (χ2n) is 9.84. The smallest absolute Gasteiger partial charge is 0.416 e. The summed E-state index contributed by atoms with van der Waals surface area (Å²) in [4.78, 5) is 31.6. The zero-order chi connectivity index (χ0) is 29.1. The molecule has 1 aromatic heterocycles. The number of ether oxygens (including phenoxy) is 2. The molecule has 1 aliphatic rings. The first-order valence-corrected chi connectivity index (χ1v) is 12.9. The van der Waals surface area contributed by atoms with Crippen LogP contribution in [0.25, 0.3) is 10.9 Å². The molecule has 1 fully saturated rings. The van der Waals surface area contributed by atoms with Gasteiger partial charge in [0.1, 0.15) is 23.9 Å². The quantitative estimate of drug-likeness (QED) is 0.290. The molecule has 1 saturated heterocycles. The fourth-order valence-corrected chi connectivity index (χ4v) is 4.62. The number of carbonyl (C=O) groups excluding carboxylic acids is 1. The van der Waals surface area contributed by atoms with Crippen LogP contribution in [0.1, 0.15) is 18.4 Å². The zero-order valence-electron chi connectivity index (χ0n) is 22.4. The molecule has 0 bridgehead atoms. The molecular formula is C29H28F3N5O4. The summed E-state index contributed by atoms with van der Waals surface area (Å²) in [7, 11) is 3.57. The highest BCUT2D eigenvalue weighted by Gasteiger charge is 2.32. The number of anilines is 2. The SMILES string of the molecule is CN1CCC[C@@H]1COc1ccc(C(F)(F)F)cc1NC(=O)Nc1cccc(Oc2ccc3ncn(C)c(=O)c3c2)c1. The Kier molecular flexibility index (Phi) is 7.84. The van der Waals surface area contributed by atoms with Gasteiger partial charge in [0.15, 0.2) is 0 Å². The second kappa shape index (κ2) is 11.5. The fourth-order valence-electron chi connectivity index (χ4n) is 4.62. The Morgan fingerprint density at radius 3 is 2.61 bits per heavy atom. The summed E-state index contributed by atoms with van der Waals surface area (Å²) in [6.45, 7) is 1.21. The van der Waals surface area contributed by atoms with E-state index in [9.17, 15) is 22.8 Å². The predicted molar refractivity (Wildman–Crippen MR) is 149 cm³/mol. The third-order valence-electron chi connectivity index (χ3n) is 6.87. The Labute approximate surface area is 233 Å². The summed E-state index contributed by atoms with van der Waals surface area (Å²) in [6, 6.07) is 13.7. The third kappa shape index (κ3) is 6.60. The summed E-state index contributed by atoms with van der Waals surface area (Å²) in [5.74, 6) is 0.900. The van der Waals surface area contributed by atoms with Crippen LogP contribution in [0.15, 0.2) is 71.8 Å². The van der Waals surface area contributed by atoms with E-state index < -0.39 is 17.8 Å². The summed E-state index contributed by atoms with van der Waals surface area (Å²) in [5, 5.41) is 5.49. The summed E-state index contributed by atoms with van der Waals surface area (Å²) >= 11 is 0. The highest BCUT2D eigenvalue weighted by atomic mass is 19.4. The number of aromatic nitrogens is 2. The van der Waals surface area contributed by atoms with Crippen LogP contribution in [0.4, 0.5) is 29.3 Å². The number of nitrogens with one attached hydrogen (secondary N) is 2. The molecule has 5 rings (SSSR count). The fraction of sp³-hybridized carbons (Fsp3) is 0.276. The van der Waals surface area contributed by atoms with E-state index in [0.29, 0.717) is 28.1 Å². The number of carbonyl (C=O) groups is 1. The van der Waals surface area contributed by atoms with Crippen molar-refractivity contribution in [3.05, 3.63) is 82.9 Å². The number of hydrogen-bond donors (Lipinski definition) is 2. The van der Waals surface area contributed by atoms with Crippen LogP contribution in [0.2, 0.25) is 0 Å². The van der Waals surface area contributed by atoms with E-state index in [0.717, 1.165) is 31.5 Å². The number of hydrogen-bond acceptors (Lipinski definition) is 6. The van der Waals surface area contributed by atoms with Gasteiger partial charge in [-0.2, -0.15) is 13.2 Å². The van der Waals surface area contributed by atoms with Gasteiger partial charge in [0.05, 0.1) is 28.5 Å². The van der Waals surface area contributed by atoms with E-state index >= 15 is 0 Å². The zero-order valence-corrected chi connectivity index (χ0v) is 22.4. The molecule has 0 spiro atoms. The minimum Gasteiger partial charge on any atom is -0.490 e. The molecule has 1 atom stereocenters. The number of benzene rings is 3. The molecule has 2 heterocycles. The minimum atomic E-state index is -4.59. The van der Waals surface area contributed by atoms with Crippen molar-refractivity contribution in [2.75, 3.05) is 30.8 Å². The monoisotopic (exact) mass is 567 g/mol. The van der Waals surface area contributed by atoms with Crippen LogP contribution >= 0.6 is 0 Å². The van der Waals surface area contributed by atoms with Crippen LogP contribution in [0.3, 0.4) is 0 Å². The molecule has 3 aromatic carbocycles. The normalized spacial score (nSPS) is 15.6. The molecule has 4 aromatic rings. The molecule has 1 aliphatic heterocycles. The topological polar surface area (TPSA) is 97.7 Å². The lowest BCUT2D eigenvalue weighted by Gasteiger charge is -2.21. The lowest BCUT2D eigenvalue weighted by atomic mass is 10.1. The van der Waals surface area contributed by atoms with Gasteiger partial charge in [0, 0.05) is 24.8 Å². The Hall–Kier alpha value is -4.58.